The Labute approximate surface area is 91.6 Å². The highest BCUT2D eigenvalue weighted by Gasteiger charge is 1.96. The molecule has 0 unspecified atom stereocenters. The summed E-state index contributed by atoms with van der Waals surface area (Å²) >= 11 is 8.21. The first-order valence-corrected chi connectivity index (χ1v) is 5.08. The van der Waals surface area contributed by atoms with Gasteiger partial charge in [-0.1, -0.05) is 34.2 Å². The Morgan fingerprint density at radius 2 is 2.31 bits per heavy atom. The fourth-order valence-electron chi connectivity index (χ4n) is 0.892. The molecule has 1 aromatic carbocycles. The normalized spacial score (nSPS) is 9.69. The molecule has 3 N–H and O–H groups in total. The van der Waals surface area contributed by atoms with E-state index in [1.165, 1.54) is 5.56 Å². The van der Waals surface area contributed by atoms with Gasteiger partial charge in [-0.05, 0) is 24.6 Å². The maximum Gasteiger partial charge on any atom is 0.0921 e. The second kappa shape index (κ2) is 4.58. The van der Waals surface area contributed by atoms with Crippen LogP contribution >= 0.6 is 28.1 Å². The average molecular weight is 259 g/mol. The van der Waals surface area contributed by atoms with Gasteiger partial charge in [0.15, 0.2) is 0 Å². The first-order chi connectivity index (χ1) is 6.09. The van der Waals surface area contributed by atoms with Crippen LogP contribution < -0.4 is 11.1 Å². The van der Waals surface area contributed by atoms with E-state index >= 15 is 0 Å². The first kappa shape index (κ1) is 10.5. The van der Waals surface area contributed by atoms with Gasteiger partial charge in [0.1, 0.15) is 0 Å². The lowest BCUT2D eigenvalue weighted by molar-refractivity contribution is 1.35. The van der Waals surface area contributed by atoms with Crippen LogP contribution in [0.1, 0.15) is 5.56 Å². The van der Waals surface area contributed by atoms with Crippen LogP contribution in [0.3, 0.4) is 0 Å². The quantitative estimate of drug-likeness (QED) is 0.819. The van der Waals surface area contributed by atoms with Crippen molar-refractivity contribution in [3.05, 3.63) is 28.2 Å². The highest BCUT2D eigenvalue weighted by Crippen LogP contribution is 2.20. The van der Waals surface area contributed by atoms with E-state index in [1.54, 1.807) is 0 Å². The number of thiocarbonyl (C=S) groups is 1. The molecule has 2 nitrogen and oxygen atoms in total. The number of nitrogens with two attached hydrogens (primary N) is 1. The van der Waals surface area contributed by atoms with Crippen LogP contribution in [0.25, 0.3) is 0 Å². The number of halogens is 1. The van der Waals surface area contributed by atoms with Gasteiger partial charge in [0.25, 0.3) is 0 Å². The molecule has 0 aliphatic carbocycles. The summed E-state index contributed by atoms with van der Waals surface area (Å²) in [6, 6.07) is 6.04. The van der Waals surface area contributed by atoms with Crippen molar-refractivity contribution < 1.29 is 0 Å². The van der Waals surface area contributed by atoms with Crippen LogP contribution in [0.4, 0.5) is 5.69 Å². The molecule has 1 aromatic rings. The number of aryl methyl sites for hydroxylation is 1. The fourth-order valence-corrected chi connectivity index (χ4v) is 1.34. The maximum absolute atomic E-state index is 5.37. The van der Waals surface area contributed by atoms with Gasteiger partial charge in [-0.2, -0.15) is 0 Å². The molecule has 0 saturated heterocycles. The van der Waals surface area contributed by atoms with Crippen LogP contribution in [-0.2, 0) is 0 Å². The van der Waals surface area contributed by atoms with Gasteiger partial charge in [0.05, 0.1) is 11.5 Å². The smallest absolute Gasteiger partial charge is 0.0921 e. The molecule has 0 aliphatic heterocycles. The minimum Gasteiger partial charge on any atom is -0.392 e. The number of hydrogen-bond donors (Lipinski definition) is 2. The van der Waals surface area contributed by atoms with Gasteiger partial charge in [-0.15, -0.1) is 0 Å². The second-order valence-electron chi connectivity index (χ2n) is 2.78. The minimum absolute atomic E-state index is 0.469. The van der Waals surface area contributed by atoms with Crippen LogP contribution in [-0.4, -0.2) is 11.5 Å². The Kier molecular flexibility index (Phi) is 3.69. The Morgan fingerprint density at radius 3 is 2.85 bits per heavy atom. The van der Waals surface area contributed by atoms with Crippen molar-refractivity contribution in [2.45, 2.75) is 6.92 Å². The van der Waals surface area contributed by atoms with Crippen LogP contribution in [0, 0.1) is 6.92 Å². The Balaban J connectivity index is 2.68. The van der Waals surface area contributed by atoms with Crippen molar-refractivity contribution in [2.24, 2.45) is 5.73 Å². The fraction of sp³-hybridized carbons (Fsp3) is 0.222. The second-order valence-corrected chi connectivity index (χ2v) is 4.16. The number of anilines is 1. The van der Waals surface area contributed by atoms with Crippen LogP contribution in [0.5, 0.6) is 0 Å². The van der Waals surface area contributed by atoms with Gasteiger partial charge in [0, 0.05) is 10.2 Å². The van der Waals surface area contributed by atoms with E-state index in [4.69, 9.17) is 18.0 Å². The molecule has 0 aromatic heterocycles. The van der Waals surface area contributed by atoms with Gasteiger partial charge >= 0.3 is 0 Å². The first-order valence-electron chi connectivity index (χ1n) is 3.88. The van der Waals surface area contributed by atoms with Crippen molar-refractivity contribution in [1.82, 2.24) is 0 Å². The molecule has 0 spiro atoms. The van der Waals surface area contributed by atoms with Crippen molar-refractivity contribution in [3.63, 3.8) is 0 Å². The van der Waals surface area contributed by atoms with E-state index in [0.717, 1.165) is 10.2 Å². The Morgan fingerprint density at radius 1 is 1.62 bits per heavy atom. The van der Waals surface area contributed by atoms with E-state index in [9.17, 15) is 0 Å². The number of benzene rings is 1. The molecular weight excluding hydrogens is 248 g/mol. The molecule has 0 saturated carbocycles. The molecule has 0 amide bonds. The topological polar surface area (TPSA) is 38.0 Å². The molecule has 0 bridgehead atoms. The molecule has 13 heavy (non-hydrogen) atoms. The SMILES string of the molecule is Cc1ccc(NCC(N)=S)cc1Br. The summed E-state index contributed by atoms with van der Waals surface area (Å²) in [4.78, 5) is 0.469. The van der Waals surface area contributed by atoms with E-state index in [0.29, 0.717) is 11.5 Å². The third-order valence-corrected chi connectivity index (χ3v) is 2.64. The Hall–Kier alpha value is -0.610. The van der Waals surface area contributed by atoms with E-state index in [-0.39, 0.29) is 0 Å². The predicted molar refractivity (Wildman–Crippen MR) is 64.2 cm³/mol. The third kappa shape index (κ3) is 3.32. The zero-order chi connectivity index (χ0) is 9.84. The largest absolute Gasteiger partial charge is 0.392 e. The van der Waals surface area contributed by atoms with Gasteiger partial charge < -0.3 is 11.1 Å². The lowest BCUT2D eigenvalue weighted by Gasteiger charge is -2.06. The summed E-state index contributed by atoms with van der Waals surface area (Å²) in [6.45, 7) is 2.58. The van der Waals surface area contributed by atoms with Gasteiger partial charge in [0.2, 0.25) is 0 Å². The predicted octanol–water partition coefficient (Wildman–Crippen LogP) is 2.46. The van der Waals surface area contributed by atoms with Crippen molar-refractivity contribution >= 4 is 38.8 Å². The Bertz CT molecular complexity index is 325. The monoisotopic (exact) mass is 258 g/mol. The maximum atomic E-state index is 5.37. The third-order valence-electron chi connectivity index (χ3n) is 1.64. The summed E-state index contributed by atoms with van der Waals surface area (Å²) in [7, 11) is 0. The molecular formula is C9H11BrN2S. The zero-order valence-corrected chi connectivity index (χ0v) is 9.71. The molecule has 0 aliphatic rings. The highest BCUT2D eigenvalue weighted by molar-refractivity contribution is 9.10. The number of rotatable bonds is 3. The molecule has 0 fully saturated rings. The lowest BCUT2D eigenvalue weighted by Crippen LogP contribution is -2.19. The molecule has 70 valence electrons. The molecule has 0 atom stereocenters. The molecule has 0 radical (unpaired) electrons. The number of nitrogens with one attached hydrogen (secondary N) is 1. The van der Waals surface area contributed by atoms with Crippen LogP contribution in [0.2, 0.25) is 0 Å². The van der Waals surface area contributed by atoms with Crippen molar-refractivity contribution in [2.75, 3.05) is 11.9 Å². The van der Waals surface area contributed by atoms with E-state index in [2.05, 4.69) is 21.2 Å². The van der Waals surface area contributed by atoms with E-state index < -0.39 is 0 Å². The summed E-state index contributed by atoms with van der Waals surface area (Å²) in [5.41, 5.74) is 7.59. The molecule has 4 heteroatoms. The highest BCUT2D eigenvalue weighted by atomic mass is 79.9. The summed E-state index contributed by atoms with van der Waals surface area (Å²) < 4.78 is 1.08. The van der Waals surface area contributed by atoms with Crippen LogP contribution in [0.15, 0.2) is 22.7 Å². The van der Waals surface area contributed by atoms with Gasteiger partial charge in [-0.25, -0.2) is 0 Å². The zero-order valence-electron chi connectivity index (χ0n) is 7.30. The summed E-state index contributed by atoms with van der Waals surface area (Å²) in [5, 5.41) is 3.12. The standard InChI is InChI=1S/C9H11BrN2S/c1-6-2-3-7(4-8(6)10)12-5-9(11)13/h2-4,12H,5H2,1H3,(H2,11,13). The van der Waals surface area contributed by atoms with Crippen molar-refractivity contribution in [1.29, 1.82) is 0 Å². The number of hydrogen-bond acceptors (Lipinski definition) is 2. The van der Waals surface area contributed by atoms with E-state index in [1.807, 2.05) is 25.1 Å². The van der Waals surface area contributed by atoms with Gasteiger partial charge in [-0.3, -0.25) is 0 Å². The average Bonchev–Trinajstić information content (AvgIpc) is 2.07. The van der Waals surface area contributed by atoms with Crippen molar-refractivity contribution in [3.8, 4) is 0 Å². The summed E-state index contributed by atoms with van der Waals surface area (Å²) in [6.07, 6.45) is 0. The summed E-state index contributed by atoms with van der Waals surface area (Å²) in [5.74, 6) is 0. The molecule has 0 heterocycles. The lowest BCUT2D eigenvalue weighted by atomic mass is 10.2. The molecule has 1 rings (SSSR count). The minimum atomic E-state index is 0.469.